The maximum absolute atomic E-state index is 12.1. The van der Waals surface area contributed by atoms with Crippen molar-refractivity contribution in [3.8, 4) is 5.75 Å². The maximum Gasteiger partial charge on any atom is 0.269 e. The van der Waals surface area contributed by atoms with Gasteiger partial charge < -0.3 is 10.1 Å². The smallest absolute Gasteiger partial charge is 0.269 e. The third kappa shape index (κ3) is 5.08. The van der Waals surface area contributed by atoms with Crippen LogP contribution in [0.25, 0.3) is 0 Å². The standard InChI is InChI=1S/C18H20N2O4/c1-2-6-17(14-7-4-3-5-8-14)19-18(21)13-24-16-11-9-15(10-12-16)20(22)23/h3-5,7-12,17H,2,6,13H2,1H3,(H,19,21). The van der Waals surface area contributed by atoms with Gasteiger partial charge in [-0.15, -0.1) is 0 Å². The van der Waals surface area contributed by atoms with Crippen LogP contribution in [0.15, 0.2) is 54.6 Å². The van der Waals surface area contributed by atoms with Gasteiger partial charge in [0.25, 0.3) is 11.6 Å². The summed E-state index contributed by atoms with van der Waals surface area (Å²) < 4.78 is 5.38. The number of ether oxygens (including phenoxy) is 1. The molecule has 0 fully saturated rings. The molecule has 6 nitrogen and oxygen atoms in total. The quantitative estimate of drug-likeness (QED) is 0.592. The van der Waals surface area contributed by atoms with Crippen molar-refractivity contribution in [2.45, 2.75) is 25.8 Å². The summed E-state index contributed by atoms with van der Waals surface area (Å²) in [5.74, 6) is 0.193. The fraction of sp³-hybridized carbons (Fsp3) is 0.278. The van der Waals surface area contributed by atoms with E-state index >= 15 is 0 Å². The zero-order valence-electron chi connectivity index (χ0n) is 13.5. The number of nitrogens with one attached hydrogen (secondary N) is 1. The van der Waals surface area contributed by atoms with Crippen molar-refractivity contribution in [2.24, 2.45) is 0 Å². The van der Waals surface area contributed by atoms with E-state index in [1.54, 1.807) is 0 Å². The topological polar surface area (TPSA) is 81.5 Å². The lowest BCUT2D eigenvalue weighted by Gasteiger charge is -2.18. The number of carbonyl (C=O) groups excluding carboxylic acids is 1. The predicted octanol–water partition coefficient (Wildman–Crippen LogP) is 3.63. The first-order chi connectivity index (χ1) is 11.6. The SMILES string of the molecule is CCCC(NC(=O)COc1ccc([N+](=O)[O-])cc1)c1ccccc1. The number of hydrogen-bond acceptors (Lipinski definition) is 4. The van der Waals surface area contributed by atoms with Gasteiger partial charge in [-0.1, -0.05) is 43.7 Å². The molecule has 1 atom stereocenters. The Hall–Kier alpha value is -2.89. The van der Waals surface area contributed by atoms with E-state index in [4.69, 9.17) is 4.74 Å². The second kappa shape index (κ2) is 8.67. The molecule has 0 spiro atoms. The highest BCUT2D eigenvalue weighted by atomic mass is 16.6. The van der Waals surface area contributed by atoms with Gasteiger partial charge in [0.05, 0.1) is 11.0 Å². The van der Waals surface area contributed by atoms with E-state index in [0.717, 1.165) is 18.4 Å². The number of hydrogen-bond donors (Lipinski definition) is 1. The number of nitro groups is 1. The van der Waals surface area contributed by atoms with E-state index in [-0.39, 0.29) is 24.2 Å². The molecule has 0 heterocycles. The Morgan fingerprint density at radius 1 is 1.17 bits per heavy atom. The van der Waals surface area contributed by atoms with Gasteiger partial charge in [0.15, 0.2) is 6.61 Å². The molecule has 24 heavy (non-hydrogen) atoms. The van der Waals surface area contributed by atoms with Crippen molar-refractivity contribution in [1.29, 1.82) is 0 Å². The minimum atomic E-state index is -0.480. The molecular formula is C18H20N2O4. The number of nitro benzene ring substituents is 1. The van der Waals surface area contributed by atoms with Crippen LogP contribution in [0.4, 0.5) is 5.69 Å². The molecule has 1 N–H and O–H groups in total. The lowest BCUT2D eigenvalue weighted by Crippen LogP contribution is -2.32. The van der Waals surface area contributed by atoms with E-state index < -0.39 is 4.92 Å². The molecule has 0 bridgehead atoms. The van der Waals surface area contributed by atoms with Crippen molar-refractivity contribution in [1.82, 2.24) is 5.32 Å². The highest BCUT2D eigenvalue weighted by Crippen LogP contribution is 2.19. The highest BCUT2D eigenvalue weighted by molar-refractivity contribution is 5.78. The fourth-order valence-electron chi connectivity index (χ4n) is 2.35. The summed E-state index contributed by atoms with van der Waals surface area (Å²) in [6.45, 7) is 1.93. The number of carbonyl (C=O) groups is 1. The molecule has 0 aromatic heterocycles. The first-order valence-corrected chi connectivity index (χ1v) is 7.81. The molecule has 1 amide bonds. The summed E-state index contributed by atoms with van der Waals surface area (Å²) >= 11 is 0. The van der Waals surface area contributed by atoms with Crippen molar-refractivity contribution in [3.63, 3.8) is 0 Å². The molecule has 6 heteroatoms. The Bertz CT molecular complexity index is 671. The van der Waals surface area contributed by atoms with Gasteiger partial charge >= 0.3 is 0 Å². The Balaban J connectivity index is 1.90. The predicted molar refractivity (Wildman–Crippen MR) is 90.8 cm³/mol. The molecule has 2 aromatic carbocycles. The van der Waals surface area contributed by atoms with Crippen LogP contribution in [0.1, 0.15) is 31.4 Å². The molecule has 0 radical (unpaired) electrons. The first kappa shape index (κ1) is 17.5. The molecule has 126 valence electrons. The molecule has 0 saturated carbocycles. The molecule has 0 aliphatic heterocycles. The minimum absolute atomic E-state index is 0.0149. The maximum atomic E-state index is 12.1. The Morgan fingerprint density at radius 2 is 1.83 bits per heavy atom. The van der Waals surface area contributed by atoms with Crippen LogP contribution in [-0.4, -0.2) is 17.4 Å². The summed E-state index contributed by atoms with van der Waals surface area (Å²) in [6.07, 6.45) is 1.79. The molecule has 1 unspecified atom stereocenters. The van der Waals surface area contributed by atoms with Crippen molar-refractivity contribution < 1.29 is 14.5 Å². The van der Waals surface area contributed by atoms with Gasteiger partial charge in [-0.25, -0.2) is 0 Å². The molecule has 0 aliphatic rings. The van der Waals surface area contributed by atoms with Crippen molar-refractivity contribution in [3.05, 3.63) is 70.3 Å². The van der Waals surface area contributed by atoms with Crippen LogP contribution in [0.5, 0.6) is 5.75 Å². The van der Waals surface area contributed by atoms with Crippen LogP contribution in [0.2, 0.25) is 0 Å². The largest absolute Gasteiger partial charge is 0.484 e. The van der Waals surface area contributed by atoms with Crippen LogP contribution < -0.4 is 10.1 Å². The first-order valence-electron chi connectivity index (χ1n) is 7.81. The average molecular weight is 328 g/mol. The third-order valence-electron chi connectivity index (χ3n) is 3.53. The van der Waals surface area contributed by atoms with E-state index in [9.17, 15) is 14.9 Å². The van der Waals surface area contributed by atoms with Gasteiger partial charge in [0.2, 0.25) is 0 Å². The summed E-state index contributed by atoms with van der Waals surface area (Å²) in [6, 6.07) is 15.4. The van der Waals surface area contributed by atoms with E-state index in [1.165, 1.54) is 24.3 Å². The van der Waals surface area contributed by atoms with Gasteiger partial charge in [0, 0.05) is 12.1 Å². The Morgan fingerprint density at radius 3 is 2.42 bits per heavy atom. The third-order valence-corrected chi connectivity index (χ3v) is 3.53. The average Bonchev–Trinajstić information content (AvgIpc) is 2.60. The van der Waals surface area contributed by atoms with Gasteiger partial charge in [0.1, 0.15) is 5.75 Å². The molecular weight excluding hydrogens is 308 g/mol. The second-order valence-corrected chi connectivity index (χ2v) is 5.36. The lowest BCUT2D eigenvalue weighted by molar-refractivity contribution is -0.384. The number of benzene rings is 2. The fourth-order valence-corrected chi connectivity index (χ4v) is 2.35. The summed E-state index contributed by atoms with van der Waals surface area (Å²) in [7, 11) is 0. The van der Waals surface area contributed by atoms with Crippen LogP contribution in [-0.2, 0) is 4.79 Å². The lowest BCUT2D eigenvalue weighted by atomic mass is 10.0. The molecule has 2 aromatic rings. The van der Waals surface area contributed by atoms with Crippen LogP contribution in [0, 0.1) is 10.1 Å². The summed E-state index contributed by atoms with van der Waals surface area (Å²) in [4.78, 5) is 22.2. The van der Waals surface area contributed by atoms with Crippen molar-refractivity contribution >= 4 is 11.6 Å². The number of rotatable bonds is 8. The summed E-state index contributed by atoms with van der Waals surface area (Å²) in [5.41, 5.74) is 1.04. The van der Waals surface area contributed by atoms with E-state index in [2.05, 4.69) is 12.2 Å². The monoisotopic (exact) mass is 328 g/mol. The van der Waals surface area contributed by atoms with E-state index in [0.29, 0.717) is 5.75 Å². The number of amides is 1. The Kier molecular flexibility index (Phi) is 6.31. The molecule has 0 aliphatic carbocycles. The minimum Gasteiger partial charge on any atom is -0.484 e. The van der Waals surface area contributed by atoms with Gasteiger partial charge in [-0.3, -0.25) is 14.9 Å². The normalized spacial score (nSPS) is 11.5. The Labute approximate surface area is 140 Å². The van der Waals surface area contributed by atoms with Gasteiger partial charge in [-0.2, -0.15) is 0 Å². The van der Waals surface area contributed by atoms with Gasteiger partial charge in [-0.05, 0) is 24.1 Å². The molecule has 0 saturated heterocycles. The van der Waals surface area contributed by atoms with Crippen LogP contribution in [0.3, 0.4) is 0 Å². The van der Waals surface area contributed by atoms with Crippen molar-refractivity contribution in [2.75, 3.05) is 6.61 Å². The highest BCUT2D eigenvalue weighted by Gasteiger charge is 2.14. The zero-order valence-corrected chi connectivity index (χ0v) is 13.5. The number of non-ortho nitro benzene ring substituents is 1. The zero-order chi connectivity index (χ0) is 17.4. The molecule has 2 rings (SSSR count). The number of nitrogens with zero attached hydrogens (tertiary/aromatic N) is 1. The summed E-state index contributed by atoms with van der Waals surface area (Å²) in [5, 5.41) is 13.6. The second-order valence-electron chi connectivity index (χ2n) is 5.36. The van der Waals surface area contributed by atoms with E-state index in [1.807, 2.05) is 30.3 Å². The van der Waals surface area contributed by atoms with Crippen LogP contribution >= 0.6 is 0 Å².